The Hall–Kier alpha value is -3.34. The van der Waals surface area contributed by atoms with Gasteiger partial charge in [0.15, 0.2) is 5.11 Å². The molecule has 0 bridgehead atoms. The number of ether oxygens (including phenoxy) is 1. The number of alkyl halides is 3. The van der Waals surface area contributed by atoms with Gasteiger partial charge in [-0.05, 0) is 73.2 Å². The maximum atomic E-state index is 12.9. The summed E-state index contributed by atoms with van der Waals surface area (Å²) in [6.07, 6.45) is -3.99. The fourth-order valence-electron chi connectivity index (χ4n) is 3.07. The van der Waals surface area contributed by atoms with E-state index in [9.17, 15) is 22.8 Å². The quantitative estimate of drug-likeness (QED) is 0.202. The number of nitrogens with one attached hydrogen (secondary N) is 3. The van der Waals surface area contributed by atoms with Crippen LogP contribution in [0.2, 0.25) is 10.0 Å². The minimum absolute atomic E-state index is 0.00304. The third kappa shape index (κ3) is 8.92. The molecule has 0 spiro atoms. The SMILES string of the molecule is O=C(CCCOc1ccc(Cl)cc1Cl)NC(=S)Nc1cccc(C(=O)Nc2cccc(C(F)(F)F)c2)c1. The first-order valence-corrected chi connectivity index (χ1v) is 11.9. The second kappa shape index (κ2) is 12.8. The molecule has 0 aliphatic rings. The van der Waals surface area contributed by atoms with Crippen LogP contribution in [0.5, 0.6) is 5.75 Å². The van der Waals surface area contributed by atoms with Crippen molar-refractivity contribution in [1.82, 2.24) is 5.32 Å². The van der Waals surface area contributed by atoms with Crippen LogP contribution in [0, 0.1) is 0 Å². The Kier molecular flexibility index (Phi) is 9.73. The number of rotatable bonds is 8. The van der Waals surface area contributed by atoms with Crippen LogP contribution in [0.15, 0.2) is 66.7 Å². The first-order valence-electron chi connectivity index (χ1n) is 10.8. The molecule has 12 heteroatoms. The topological polar surface area (TPSA) is 79.5 Å². The van der Waals surface area contributed by atoms with E-state index in [1.54, 1.807) is 30.3 Å². The molecular weight excluding hydrogens is 550 g/mol. The normalized spacial score (nSPS) is 10.9. The Morgan fingerprint density at radius 3 is 2.32 bits per heavy atom. The van der Waals surface area contributed by atoms with E-state index < -0.39 is 17.6 Å². The van der Waals surface area contributed by atoms with Gasteiger partial charge in [0.2, 0.25) is 5.91 Å². The van der Waals surface area contributed by atoms with Gasteiger partial charge in [-0.2, -0.15) is 13.2 Å². The Morgan fingerprint density at radius 2 is 1.62 bits per heavy atom. The Labute approximate surface area is 226 Å². The van der Waals surface area contributed by atoms with Crippen molar-refractivity contribution in [3.63, 3.8) is 0 Å². The highest BCUT2D eigenvalue weighted by Crippen LogP contribution is 2.31. The summed E-state index contributed by atoms with van der Waals surface area (Å²) in [7, 11) is 0. The highest BCUT2D eigenvalue weighted by molar-refractivity contribution is 7.80. The van der Waals surface area contributed by atoms with E-state index in [1.165, 1.54) is 24.3 Å². The molecule has 0 heterocycles. The van der Waals surface area contributed by atoms with Crippen LogP contribution in [0.25, 0.3) is 0 Å². The van der Waals surface area contributed by atoms with E-state index in [4.69, 9.17) is 40.2 Å². The molecule has 0 fully saturated rings. The van der Waals surface area contributed by atoms with E-state index in [0.717, 1.165) is 12.1 Å². The van der Waals surface area contributed by atoms with Crippen LogP contribution < -0.4 is 20.7 Å². The third-order valence-electron chi connectivity index (χ3n) is 4.78. The van der Waals surface area contributed by atoms with Gasteiger partial charge in [0.25, 0.3) is 5.91 Å². The maximum absolute atomic E-state index is 12.9. The first kappa shape index (κ1) is 28.2. The molecule has 3 aromatic carbocycles. The molecule has 2 amide bonds. The van der Waals surface area contributed by atoms with Crippen molar-refractivity contribution in [3.8, 4) is 5.75 Å². The van der Waals surface area contributed by atoms with E-state index in [2.05, 4.69) is 16.0 Å². The summed E-state index contributed by atoms with van der Waals surface area (Å²) >= 11 is 17.0. The predicted octanol–water partition coefficient (Wildman–Crippen LogP) is 6.94. The van der Waals surface area contributed by atoms with Gasteiger partial charge in [-0.15, -0.1) is 0 Å². The van der Waals surface area contributed by atoms with Crippen molar-refractivity contribution in [2.75, 3.05) is 17.2 Å². The van der Waals surface area contributed by atoms with Crippen molar-refractivity contribution in [2.24, 2.45) is 0 Å². The highest BCUT2D eigenvalue weighted by Gasteiger charge is 2.30. The molecule has 0 radical (unpaired) electrons. The molecule has 0 atom stereocenters. The van der Waals surface area contributed by atoms with Gasteiger partial charge in [-0.3, -0.25) is 9.59 Å². The van der Waals surface area contributed by atoms with Crippen LogP contribution in [-0.4, -0.2) is 23.5 Å². The molecular formula is C25H20Cl2F3N3O3S. The van der Waals surface area contributed by atoms with Crippen molar-refractivity contribution in [1.29, 1.82) is 0 Å². The van der Waals surface area contributed by atoms with Gasteiger partial charge in [-0.1, -0.05) is 35.3 Å². The van der Waals surface area contributed by atoms with Crippen LogP contribution in [-0.2, 0) is 11.0 Å². The number of thiocarbonyl (C=S) groups is 1. The van der Waals surface area contributed by atoms with E-state index in [-0.39, 0.29) is 35.3 Å². The zero-order valence-electron chi connectivity index (χ0n) is 19.0. The van der Waals surface area contributed by atoms with Gasteiger partial charge in [0.1, 0.15) is 5.75 Å². The van der Waals surface area contributed by atoms with E-state index in [1.807, 2.05) is 0 Å². The Balaban J connectivity index is 1.47. The third-order valence-corrected chi connectivity index (χ3v) is 5.52. The van der Waals surface area contributed by atoms with Crippen LogP contribution in [0.3, 0.4) is 0 Å². The molecule has 3 rings (SSSR count). The lowest BCUT2D eigenvalue weighted by Crippen LogP contribution is -2.34. The Bertz CT molecular complexity index is 1310. The summed E-state index contributed by atoms with van der Waals surface area (Å²) in [5, 5.41) is 8.63. The number of amides is 2. The van der Waals surface area contributed by atoms with E-state index in [0.29, 0.717) is 27.9 Å². The number of hydrogen-bond donors (Lipinski definition) is 3. The zero-order valence-corrected chi connectivity index (χ0v) is 21.3. The number of carbonyl (C=O) groups excluding carboxylic acids is 2. The lowest BCUT2D eigenvalue weighted by atomic mass is 10.1. The molecule has 0 aliphatic carbocycles. The lowest BCUT2D eigenvalue weighted by molar-refractivity contribution is -0.137. The number of anilines is 2. The van der Waals surface area contributed by atoms with E-state index >= 15 is 0 Å². The number of benzene rings is 3. The monoisotopic (exact) mass is 569 g/mol. The molecule has 0 unspecified atom stereocenters. The summed E-state index contributed by atoms with van der Waals surface area (Å²) < 4.78 is 44.2. The number of hydrogen-bond acceptors (Lipinski definition) is 4. The van der Waals surface area contributed by atoms with Crippen molar-refractivity contribution in [2.45, 2.75) is 19.0 Å². The average molecular weight is 570 g/mol. The summed E-state index contributed by atoms with van der Waals surface area (Å²) in [6.45, 7) is 0.248. The van der Waals surface area contributed by atoms with Crippen molar-refractivity contribution < 1.29 is 27.5 Å². The van der Waals surface area contributed by atoms with Gasteiger partial charge in [0, 0.05) is 28.4 Å². The van der Waals surface area contributed by atoms with Crippen LogP contribution in [0.4, 0.5) is 24.5 Å². The van der Waals surface area contributed by atoms with Gasteiger partial charge in [0.05, 0.1) is 17.2 Å². The van der Waals surface area contributed by atoms with Gasteiger partial charge < -0.3 is 20.7 Å². The molecule has 0 aromatic heterocycles. The summed E-state index contributed by atoms with van der Waals surface area (Å²) in [5.41, 5.74) is -0.289. The molecule has 3 N–H and O–H groups in total. The van der Waals surface area contributed by atoms with Crippen LogP contribution >= 0.6 is 35.4 Å². The minimum atomic E-state index is -4.53. The molecule has 6 nitrogen and oxygen atoms in total. The second-order valence-corrected chi connectivity index (χ2v) is 8.89. The fraction of sp³-hybridized carbons (Fsp3) is 0.160. The van der Waals surface area contributed by atoms with Gasteiger partial charge >= 0.3 is 6.18 Å². The average Bonchev–Trinajstić information content (AvgIpc) is 2.82. The number of carbonyl (C=O) groups is 2. The zero-order chi connectivity index (χ0) is 27.0. The minimum Gasteiger partial charge on any atom is -0.492 e. The fourth-order valence-corrected chi connectivity index (χ4v) is 3.77. The summed E-state index contributed by atoms with van der Waals surface area (Å²) in [5.74, 6) is -0.499. The first-order chi connectivity index (χ1) is 17.5. The van der Waals surface area contributed by atoms with Gasteiger partial charge in [-0.25, -0.2) is 0 Å². The molecule has 0 saturated carbocycles. The Morgan fingerprint density at radius 1 is 0.919 bits per heavy atom. The smallest absolute Gasteiger partial charge is 0.416 e. The van der Waals surface area contributed by atoms with Crippen LogP contribution in [0.1, 0.15) is 28.8 Å². The molecule has 194 valence electrons. The molecule has 0 aliphatic heterocycles. The van der Waals surface area contributed by atoms with Crippen molar-refractivity contribution >= 4 is 63.7 Å². The highest BCUT2D eigenvalue weighted by atomic mass is 35.5. The summed E-state index contributed by atoms with van der Waals surface area (Å²) in [4.78, 5) is 24.7. The molecule has 0 saturated heterocycles. The second-order valence-electron chi connectivity index (χ2n) is 7.64. The molecule has 3 aromatic rings. The largest absolute Gasteiger partial charge is 0.492 e. The summed E-state index contributed by atoms with van der Waals surface area (Å²) in [6, 6.07) is 15.3. The number of halogens is 5. The standard InChI is InChI=1S/C25H20Cl2F3N3O3S/c26-17-9-10-21(20(27)14-17)36-11-3-8-22(34)33-24(37)32-18-6-1-4-15(12-18)23(35)31-19-7-2-5-16(13-19)25(28,29)30/h1-2,4-7,9-10,12-14H,3,8,11H2,(H,31,35)(H2,32,33,34,37). The van der Waals surface area contributed by atoms with Crippen molar-refractivity contribution in [3.05, 3.63) is 87.9 Å². The lowest BCUT2D eigenvalue weighted by Gasteiger charge is -2.12. The predicted molar refractivity (Wildman–Crippen MR) is 141 cm³/mol. The maximum Gasteiger partial charge on any atom is 0.416 e. The molecule has 37 heavy (non-hydrogen) atoms.